The Morgan fingerprint density at radius 2 is 1.94 bits per heavy atom. The van der Waals surface area contributed by atoms with Crippen LogP contribution in [0.4, 0.5) is 0 Å². The molecule has 0 bridgehead atoms. The number of nitrogens with one attached hydrogen (secondary N) is 1. The molecule has 1 aliphatic carbocycles. The lowest BCUT2D eigenvalue weighted by atomic mass is 9.83. The summed E-state index contributed by atoms with van der Waals surface area (Å²) >= 11 is 0. The third-order valence-electron chi connectivity index (χ3n) is 7.36. The molecule has 0 spiro atoms. The number of aryl methyl sites for hydroxylation is 1. The normalized spacial score (nSPS) is 21.3. The minimum absolute atomic E-state index is 0.301. The fourth-order valence-corrected chi connectivity index (χ4v) is 5.51. The number of likely N-dealkylation sites (tertiary alicyclic amines) is 1. The van der Waals surface area contributed by atoms with E-state index in [-0.39, 0.29) is 0 Å². The third kappa shape index (κ3) is 3.94. The van der Waals surface area contributed by atoms with Crippen LogP contribution < -0.4 is 0 Å². The molecule has 2 N–H and O–H groups in total. The molecule has 2 atom stereocenters. The van der Waals surface area contributed by atoms with E-state index in [1.807, 2.05) is 25.3 Å². The van der Waals surface area contributed by atoms with Crippen LogP contribution >= 0.6 is 0 Å². The summed E-state index contributed by atoms with van der Waals surface area (Å²) in [5, 5.41) is 10.6. The average Bonchev–Trinajstić information content (AvgIpc) is 3.52. The van der Waals surface area contributed by atoms with Gasteiger partial charge in [-0.15, -0.1) is 5.92 Å². The zero-order valence-electron chi connectivity index (χ0n) is 18.8. The van der Waals surface area contributed by atoms with Gasteiger partial charge < -0.3 is 10.1 Å². The van der Waals surface area contributed by atoms with Crippen molar-refractivity contribution in [3.8, 4) is 11.8 Å². The quantitative estimate of drug-likeness (QED) is 0.499. The molecule has 1 aliphatic heterocycles. The van der Waals surface area contributed by atoms with Crippen LogP contribution in [-0.2, 0) is 6.54 Å². The smallest absolute Gasteiger partial charge is 0.335 e. The number of carbonyl (C=O) groups is 1. The topological polar surface area (TPSA) is 56.3 Å². The van der Waals surface area contributed by atoms with Gasteiger partial charge in [-0.2, -0.15) is 0 Å². The van der Waals surface area contributed by atoms with E-state index >= 15 is 0 Å². The molecule has 1 aromatic heterocycles. The fourth-order valence-electron chi connectivity index (χ4n) is 5.51. The Hall–Kier alpha value is -3.03. The van der Waals surface area contributed by atoms with E-state index in [9.17, 15) is 9.90 Å². The Labute approximate surface area is 189 Å². The van der Waals surface area contributed by atoms with Crippen LogP contribution in [0.25, 0.3) is 10.9 Å². The van der Waals surface area contributed by atoms with Crippen molar-refractivity contribution in [2.24, 2.45) is 11.8 Å². The summed E-state index contributed by atoms with van der Waals surface area (Å²) in [6.07, 6.45) is 7.14. The molecule has 1 saturated carbocycles. The molecule has 3 aromatic rings. The number of hydrogen-bond acceptors (Lipinski definition) is 2. The van der Waals surface area contributed by atoms with E-state index in [4.69, 9.17) is 0 Å². The fraction of sp³-hybridized carbons (Fsp3) is 0.393. The number of benzene rings is 2. The summed E-state index contributed by atoms with van der Waals surface area (Å²) in [5.74, 6) is 7.23. The maximum atomic E-state index is 11.3. The first kappa shape index (κ1) is 20.8. The van der Waals surface area contributed by atoms with Crippen molar-refractivity contribution in [1.82, 2.24) is 9.88 Å². The zero-order chi connectivity index (χ0) is 22.2. The van der Waals surface area contributed by atoms with Gasteiger partial charge in [-0.3, -0.25) is 4.90 Å². The molecule has 4 nitrogen and oxygen atoms in total. The monoisotopic (exact) mass is 426 g/mol. The van der Waals surface area contributed by atoms with Crippen molar-refractivity contribution < 1.29 is 9.90 Å². The Bertz CT molecular complexity index is 1210. The summed E-state index contributed by atoms with van der Waals surface area (Å²) < 4.78 is 0. The second-order valence-corrected chi connectivity index (χ2v) is 9.40. The molecule has 2 aromatic carbocycles. The maximum absolute atomic E-state index is 11.3. The van der Waals surface area contributed by atoms with Gasteiger partial charge in [0.1, 0.15) is 0 Å². The van der Waals surface area contributed by atoms with E-state index in [0.29, 0.717) is 11.6 Å². The number of piperidine rings is 1. The van der Waals surface area contributed by atoms with E-state index in [2.05, 4.69) is 40.8 Å². The first-order valence-electron chi connectivity index (χ1n) is 11.6. The largest absolute Gasteiger partial charge is 0.478 e. The van der Waals surface area contributed by atoms with Gasteiger partial charge in [-0.1, -0.05) is 18.1 Å². The van der Waals surface area contributed by atoms with Gasteiger partial charge in [0.05, 0.1) is 5.56 Å². The highest BCUT2D eigenvalue weighted by atomic mass is 16.4. The molecule has 1 saturated heterocycles. The van der Waals surface area contributed by atoms with Crippen LogP contribution in [0.3, 0.4) is 0 Å². The van der Waals surface area contributed by atoms with Gasteiger partial charge in [0.2, 0.25) is 0 Å². The van der Waals surface area contributed by atoms with Gasteiger partial charge >= 0.3 is 5.97 Å². The molecule has 5 rings (SSSR count). The standard InChI is InChI=1S/C28H30N2O2/c1-3-4-23-15-18(2)27-24(11-13-29-27)25(23)17-30-14-12-22(19-5-6-19)16-26(30)20-7-9-21(10-8-20)28(31)32/h7-11,13,15,19,22,26,29H,5-6,12,14,16-17H2,1-2H3,(H,31,32)/t22?,26-/m0/s1. The summed E-state index contributed by atoms with van der Waals surface area (Å²) in [7, 11) is 0. The Morgan fingerprint density at radius 3 is 2.62 bits per heavy atom. The number of nitrogens with zero attached hydrogens (tertiary/aromatic N) is 1. The molecule has 32 heavy (non-hydrogen) atoms. The number of aromatic nitrogens is 1. The highest BCUT2D eigenvalue weighted by molar-refractivity contribution is 5.88. The van der Waals surface area contributed by atoms with Crippen LogP contribution in [0, 0.1) is 30.6 Å². The van der Waals surface area contributed by atoms with Crippen molar-refractivity contribution in [2.75, 3.05) is 6.54 Å². The second kappa shape index (κ2) is 8.48. The number of aromatic amines is 1. The number of carboxylic acid groups (broad SMARTS) is 1. The number of H-pyrrole nitrogens is 1. The number of fused-ring (bicyclic) bond motifs is 1. The van der Waals surface area contributed by atoms with Gasteiger partial charge in [0.15, 0.2) is 0 Å². The predicted octanol–water partition coefficient (Wildman–Crippen LogP) is 5.91. The Morgan fingerprint density at radius 1 is 1.16 bits per heavy atom. The van der Waals surface area contributed by atoms with Crippen LogP contribution in [0.1, 0.15) is 71.3 Å². The molecular weight excluding hydrogens is 396 g/mol. The molecule has 1 unspecified atom stereocenters. The van der Waals surface area contributed by atoms with E-state index in [1.165, 1.54) is 46.9 Å². The summed E-state index contributed by atoms with van der Waals surface area (Å²) in [6, 6.07) is 12.2. The highest BCUT2D eigenvalue weighted by Gasteiger charge is 2.38. The van der Waals surface area contributed by atoms with Crippen LogP contribution in [-0.4, -0.2) is 27.5 Å². The lowest BCUT2D eigenvalue weighted by Gasteiger charge is -2.40. The van der Waals surface area contributed by atoms with Gasteiger partial charge in [0.25, 0.3) is 0 Å². The van der Waals surface area contributed by atoms with Gasteiger partial charge in [-0.05, 0) is 98.9 Å². The molecule has 2 heterocycles. The summed E-state index contributed by atoms with van der Waals surface area (Å²) in [5.41, 5.74) is 6.39. The van der Waals surface area contributed by atoms with E-state index in [0.717, 1.165) is 36.9 Å². The summed E-state index contributed by atoms with van der Waals surface area (Å²) in [6.45, 7) is 5.94. The van der Waals surface area contributed by atoms with Gasteiger partial charge in [-0.25, -0.2) is 4.79 Å². The van der Waals surface area contributed by atoms with Gasteiger partial charge in [0, 0.05) is 35.2 Å². The van der Waals surface area contributed by atoms with Crippen LogP contribution in [0.2, 0.25) is 0 Å². The van der Waals surface area contributed by atoms with Crippen molar-refractivity contribution in [3.63, 3.8) is 0 Å². The number of rotatable bonds is 5. The Kier molecular flexibility index (Phi) is 5.53. The molecule has 2 aliphatic rings. The zero-order valence-corrected chi connectivity index (χ0v) is 18.8. The minimum atomic E-state index is -0.870. The van der Waals surface area contributed by atoms with Crippen molar-refractivity contribution >= 4 is 16.9 Å². The molecule has 0 amide bonds. The molecule has 4 heteroatoms. The summed E-state index contributed by atoms with van der Waals surface area (Å²) in [4.78, 5) is 17.3. The number of carboxylic acids is 1. The number of hydrogen-bond donors (Lipinski definition) is 2. The highest BCUT2D eigenvalue weighted by Crippen LogP contribution is 2.47. The van der Waals surface area contributed by atoms with Crippen molar-refractivity contribution in [3.05, 3.63) is 70.4 Å². The van der Waals surface area contributed by atoms with Crippen molar-refractivity contribution in [2.45, 2.75) is 52.1 Å². The molecule has 2 fully saturated rings. The van der Waals surface area contributed by atoms with Crippen LogP contribution in [0.5, 0.6) is 0 Å². The Balaban J connectivity index is 1.51. The number of aromatic carboxylic acids is 1. The maximum Gasteiger partial charge on any atom is 0.335 e. The van der Waals surface area contributed by atoms with E-state index in [1.54, 1.807) is 12.1 Å². The lowest BCUT2D eigenvalue weighted by Crippen LogP contribution is -2.37. The molecular formula is C28H30N2O2. The first-order valence-corrected chi connectivity index (χ1v) is 11.6. The average molecular weight is 427 g/mol. The predicted molar refractivity (Wildman–Crippen MR) is 128 cm³/mol. The van der Waals surface area contributed by atoms with E-state index < -0.39 is 5.97 Å². The lowest BCUT2D eigenvalue weighted by molar-refractivity contribution is 0.0696. The molecule has 0 radical (unpaired) electrons. The third-order valence-corrected chi connectivity index (χ3v) is 7.36. The van der Waals surface area contributed by atoms with Crippen molar-refractivity contribution in [1.29, 1.82) is 0 Å². The minimum Gasteiger partial charge on any atom is -0.478 e. The SMILES string of the molecule is CC#Cc1cc(C)c2[nH]ccc2c1CN1CCC(C2CC2)C[C@H]1c1ccc(C(=O)O)cc1. The first-order chi connectivity index (χ1) is 15.5. The molecule has 164 valence electrons. The second-order valence-electron chi connectivity index (χ2n) is 9.40. The van der Waals surface area contributed by atoms with Crippen LogP contribution in [0.15, 0.2) is 42.6 Å².